The summed E-state index contributed by atoms with van der Waals surface area (Å²) in [7, 11) is 0. The number of thiophene rings is 1. The molecule has 2 rings (SSSR count). The fourth-order valence-electron chi connectivity index (χ4n) is 1.40. The molecule has 0 atom stereocenters. The van der Waals surface area contributed by atoms with Crippen molar-refractivity contribution in [1.82, 2.24) is 4.57 Å². The van der Waals surface area contributed by atoms with Gasteiger partial charge in [-0.2, -0.15) is 11.3 Å². The topological polar surface area (TPSA) is 42.2 Å². The van der Waals surface area contributed by atoms with E-state index < -0.39 is 5.97 Å². The Hall–Kier alpha value is -1.55. The van der Waals surface area contributed by atoms with Crippen LogP contribution >= 0.6 is 11.3 Å². The molecule has 1 N–H and O–H groups in total. The molecule has 2 heterocycles. The third-order valence-corrected chi connectivity index (χ3v) is 2.97. The van der Waals surface area contributed by atoms with Gasteiger partial charge in [-0.3, -0.25) is 0 Å². The summed E-state index contributed by atoms with van der Waals surface area (Å²) in [4.78, 5) is 10.6. The normalized spacial score (nSPS) is 10.4. The molecule has 0 radical (unpaired) electrons. The standard InChI is InChI=1S/C11H11NO2S/c13-11(14)10-2-5-12(7-10)4-1-9-3-6-15-8-9/h2-3,5-8H,1,4H2,(H,13,14). The van der Waals surface area contributed by atoms with Crippen LogP contribution in [0.15, 0.2) is 35.3 Å². The second-order valence-electron chi connectivity index (χ2n) is 3.32. The molecule has 0 aliphatic heterocycles. The molecular weight excluding hydrogens is 210 g/mol. The fourth-order valence-corrected chi connectivity index (χ4v) is 2.10. The number of carboxylic acids is 1. The second-order valence-corrected chi connectivity index (χ2v) is 4.10. The van der Waals surface area contributed by atoms with Gasteiger partial charge in [0.05, 0.1) is 5.56 Å². The van der Waals surface area contributed by atoms with Crippen LogP contribution < -0.4 is 0 Å². The molecule has 0 aromatic carbocycles. The molecule has 2 aromatic heterocycles. The molecular formula is C11H11NO2S. The minimum Gasteiger partial charge on any atom is -0.478 e. The molecule has 15 heavy (non-hydrogen) atoms. The predicted octanol–water partition coefficient (Wildman–Crippen LogP) is 2.49. The molecule has 0 bridgehead atoms. The lowest BCUT2D eigenvalue weighted by molar-refractivity contribution is 0.0697. The molecule has 0 aliphatic carbocycles. The number of aryl methyl sites for hydroxylation is 2. The SMILES string of the molecule is O=C(O)c1ccn(CCc2ccsc2)c1. The van der Waals surface area contributed by atoms with Gasteiger partial charge in [-0.25, -0.2) is 4.79 Å². The third-order valence-electron chi connectivity index (χ3n) is 2.24. The van der Waals surface area contributed by atoms with Crippen molar-refractivity contribution in [1.29, 1.82) is 0 Å². The average Bonchev–Trinajstić information content (AvgIpc) is 2.86. The summed E-state index contributed by atoms with van der Waals surface area (Å²) < 4.78 is 1.90. The molecule has 2 aromatic rings. The van der Waals surface area contributed by atoms with E-state index in [1.54, 1.807) is 29.8 Å². The average molecular weight is 221 g/mol. The summed E-state index contributed by atoms with van der Waals surface area (Å²) in [5, 5.41) is 12.9. The van der Waals surface area contributed by atoms with Gasteiger partial charge in [0.2, 0.25) is 0 Å². The quantitative estimate of drug-likeness (QED) is 0.861. The first-order chi connectivity index (χ1) is 7.25. The van der Waals surface area contributed by atoms with Gasteiger partial charge in [-0.15, -0.1) is 0 Å². The largest absolute Gasteiger partial charge is 0.478 e. The van der Waals surface area contributed by atoms with Crippen molar-refractivity contribution in [2.75, 3.05) is 0 Å². The van der Waals surface area contributed by atoms with Crippen LogP contribution in [0.4, 0.5) is 0 Å². The van der Waals surface area contributed by atoms with E-state index in [4.69, 9.17) is 5.11 Å². The lowest BCUT2D eigenvalue weighted by Gasteiger charge is -2.00. The van der Waals surface area contributed by atoms with Gasteiger partial charge in [0.1, 0.15) is 0 Å². The zero-order valence-corrected chi connectivity index (χ0v) is 8.91. The molecule has 0 unspecified atom stereocenters. The number of rotatable bonds is 4. The van der Waals surface area contributed by atoms with E-state index in [2.05, 4.69) is 11.4 Å². The second kappa shape index (κ2) is 4.31. The van der Waals surface area contributed by atoms with E-state index in [9.17, 15) is 4.79 Å². The van der Waals surface area contributed by atoms with Gasteiger partial charge < -0.3 is 9.67 Å². The lowest BCUT2D eigenvalue weighted by Crippen LogP contribution is -1.98. The molecule has 4 heteroatoms. The van der Waals surface area contributed by atoms with E-state index in [-0.39, 0.29) is 0 Å². The number of carbonyl (C=O) groups is 1. The first-order valence-electron chi connectivity index (χ1n) is 4.66. The van der Waals surface area contributed by atoms with Crippen molar-refractivity contribution in [3.05, 3.63) is 46.4 Å². The van der Waals surface area contributed by atoms with Crippen LogP contribution in [0.1, 0.15) is 15.9 Å². The predicted molar refractivity (Wildman–Crippen MR) is 59.4 cm³/mol. The van der Waals surface area contributed by atoms with E-state index >= 15 is 0 Å². The maximum Gasteiger partial charge on any atom is 0.337 e. The number of aromatic carboxylic acids is 1. The van der Waals surface area contributed by atoms with Gasteiger partial charge >= 0.3 is 5.97 Å². The number of carboxylic acid groups (broad SMARTS) is 1. The maximum absolute atomic E-state index is 10.6. The van der Waals surface area contributed by atoms with Gasteiger partial charge in [0, 0.05) is 18.9 Å². The molecule has 0 saturated heterocycles. The van der Waals surface area contributed by atoms with Crippen molar-refractivity contribution in [3.8, 4) is 0 Å². The number of aromatic nitrogens is 1. The number of hydrogen-bond donors (Lipinski definition) is 1. The maximum atomic E-state index is 10.6. The van der Waals surface area contributed by atoms with Crippen LogP contribution in [0, 0.1) is 0 Å². The molecule has 78 valence electrons. The first-order valence-corrected chi connectivity index (χ1v) is 5.60. The summed E-state index contributed by atoms with van der Waals surface area (Å²) in [5.74, 6) is -0.871. The third kappa shape index (κ3) is 2.47. The van der Waals surface area contributed by atoms with E-state index in [0.29, 0.717) is 5.56 Å². The summed E-state index contributed by atoms with van der Waals surface area (Å²) in [6.07, 6.45) is 4.40. The Morgan fingerprint density at radius 1 is 1.47 bits per heavy atom. The highest BCUT2D eigenvalue weighted by Gasteiger charge is 2.04. The summed E-state index contributed by atoms with van der Waals surface area (Å²) in [6, 6.07) is 3.71. The van der Waals surface area contributed by atoms with Crippen molar-refractivity contribution in [2.24, 2.45) is 0 Å². The monoisotopic (exact) mass is 221 g/mol. The van der Waals surface area contributed by atoms with E-state index in [1.165, 1.54) is 5.56 Å². The smallest absolute Gasteiger partial charge is 0.337 e. The van der Waals surface area contributed by atoms with Gasteiger partial charge in [-0.1, -0.05) is 0 Å². The lowest BCUT2D eigenvalue weighted by atomic mass is 10.2. The highest BCUT2D eigenvalue weighted by molar-refractivity contribution is 7.07. The fraction of sp³-hybridized carbons (Fsp3) is 0.182. The van der Waals surface area contributed by atoms with E-state index in [1.807, 2.05) is 9.95 Å². The molecule has 0 saturated carbocycles. The van der Waals surface area contributed by atoms with Gasteiger partial charge in [0.25, 0.3) is 0 Å². The minimum atomic E-state index is -0.871. The summed E-state index contributed by atoms with van der Waals surface area (Å²) in [6.45, 7) is 0.823. The number of nitrogens with zero attached hydrogens (tertiary/aromatic N) is 1. The van der Waals surface area contributed by atoms with Crippen LogP contribution in [-0.2, 0) is 13.0 Å². The van der Waals surface area contributed by atoms with Gasteiger partial charge in [0.15, 0.2) is 0 Å². The van der Waals surface area contributed by atoms with Crippen molar-refractivity contribution in [2.45, 2.75) is 13.0 Å². The van der Waals surface area contributed by atoms with Crippen LogP contribution in [0.25, 0.3) is 0 Å². The molecule has 3 nitrogen and oxygen atoms in total. The van der Waals surface area contributed by atoms with E-state index in [0.717, 1.165) is 13.0 Å². The van der Waals surface area contributed by atoms with Crippen LogP contribution in [0.2, 0.25) is 0 Å². The number of hydrogen-bond acceptors (Lipinski definition) is 2. The molecule has 0 aliphatic rings. The Morgan fingerprint density at radius 3 is 2.93 bits per heavy atom. The molecule has 0 amide bonds. The Kier molecular flexibility index (Phi) is 2.87. The Morgan fingerprint density at radius 2 is 2.33 bits per heavy atom. The molecule has 0 spiro atoms. The zero-order chi connectivity index (χ0) is 10.7. The minimum absolute atomic E-state index is 0.348. The van der Waals surface area contributed by atoms with Crippen molar-refractivity contribution < 1.29 is 9.90 Å². The van der Waals surface area contributed by atoms with Crippen molar-refractivity contribution >= 4 is 17.3 Å². The van der Waals surface area contributed by atoms with Crippen LogP contribution in [0.3, 0.4) is 0 Å². The first kappa shape index (κ1) is 9.98. The summed E-state index contributed by atoms with van der Waals surface area (Å²) in [5.41, 5.74) is 1.64. The highest BCUT2D eigenvalue weighted by Crippen LogP contribution is 2.08. The van der Waals surface area contributed by atoms with Crippen LogP contribution in [-0.4, -0.2) is 15.6 Å². The van der Waals surface area contributed by atoms with Crippen LogP contribution in [0.5, 0.6) is 0 Å². The zero-order valence-electron chi connectivity index (χ0n) is 8.09. The van der Waals surface area contributed by atoms with Crippen molar-refractivity contribution in [3.63, 3.8) is 0 Å². The molecule has 0 fully saturated rings. The Labute approximate surface area is 91.6 Å². The highest BCUT2D eigenvalue weighted by atomic mass is 32.1. The summed E-state index contributed by atoms with van der Waals surface area (Å²) >= 11 is 1.68. The Balaban J connectivity index is 1.96. The van der Waals surface area contributed by atoms with Gasteiger partial charge in [-0.05, 0) is 34.9 Å². The Bertz CT molecular complexity index is 445.